The predicted octanol–water partition coefficient (Wildman–Crippen LogP) is 5.26. The number of ether oxygens (including phenoxy) is 1. The first-order chi connectivity index (χ1) is 16.2. The first-order valence-electron chi connectivity index (χ1n) is 10.9. The number of nitrogens with one attached hydrogen (secondary N) is 1. The molecular weight excluding hydrogens is 412 g/mol. The summed E-state index contributed by atoms with van der Waals surface area (Å²) in [5.74, 6) is 0.542. The molecule has 0 aliphatic carbocycles. The minimum atomic E-state index is -0.546. The van der Waals surface area contributed by atoms with Crippen molar-refractivity contribution in [1.82, 2.24) is 4.98 Å². The maximum Gasteiger partial charge on any atom is 0.248 e. The van der Waals surface area contributed by atoms with Gasteiger partial charge in [-0.25, -0.2) is 0 Å². The van der Waals surface area contributed by atoms with Crippen molar-refractivity contribution >= 4 is 28.4 Å². The fourth-order valence-corrected chi connectivity index (χ4v) is 3.47. The van der Waals surface area contributed by atoms with Crippen LogP contribution in [0.5, 0.6) is 5.75 Å². The second-order valence-corrected chi connectivity index (χ2v) is 7.82. The summed E-state index contributed by atoms with van der Waals surface area (Å²) in [6.07, 6.45) is 7.71. The average molecular weight is 439 g/mol. The van der Waals surface area contributed by atoms with Gasteiger partial charge >= 0.3 is 0 Å². The highest BCUT2D eigenvalue weighted by Crippen LogP contribution is 2.23. The van der Waals surface area contributed by atoms with Gasteiger partial charge in [-0.3, -0.25) is 9.78 Å². The third kappa shape index (κ3) is 6.76. The molecule has 4 aromatic rings. The predicted molar refractivity (Wildman–Crippen MR) is 132 cm³/mol. The number of aryl methyl sites for hydroxylation is 1. The molecular formula is C28H26N2O3. The van der Waals surface area contributed by atoms with Gasteiger partial charge in [0.15, 0.2) is 0 Å². The third-order valence-electron chi connectivity index (χ3n) is 5.24. The number of para-hydroxylation sites is 1. The number of nitrogens with zero attached hydrogens (tertiary/aromatic N) is 1. The van der Waals surface area contributed by atoms with Gasteiger partial charge < -0.3 is 15.2 Å². The van der Waals surface area contributed by atoms with Gasteiger partial charge in [0.25, 0.3) is 0 Å². The number of carbonyl (C=O) groups excluding carboxylic acids is 1. The molecule has 4 rings (SSSR count). The topological polar surface area (TPSA) is 71.5 Å². The summed E-state index contributed by atoms with van der Waals surface area (Å²) in [7, 11) is 0. The van der Waals surface area contributed by atoms with Crippen molar-refractivity contribution in [2.45, 2.75) is 18.9 Å². The van der Waals surface area contributed by atoms with Gasteiger partial charge in [0.2, 0.25) is 5.91 Å². The van der Waals surface area contributed by atoms with Crippen LogP contribution in [0, 0.1) is 0 Å². The molecule has 1 aromatic heterocycles. The summed E-state index contributed by atoms with van der Waals surface area (Å²) in [6.45, 7) is 0.239. The first-order valence-corrected chi connectivity index (χ1v) is 10.9. The molecule has 0 aliphatic heterocycles. The second kappa shape index (κ2) is 11.1. The largest absolute Gasteiger partial charge is 0.491 e. The number of pyridine rings is 1. The van der Waals surface area contributed by atoms with Crippen LogP contribution >= 0.6 is 0 Å². The molecule has 1 heterocycles. The molecule has 0 unspecified atom stereocenters. The summed E-state index contributed by atoms with van der Waals surface area (Å²) in [6, 6.07) is 25.1. The van der Waals surface area contributed by atoms with E-state index in [-0.39, 0.29) is 12.5 Å². The lowest BCUT2D eigenvalue weighted by Gasteiger charge is -2.13. The number of anilines is 1. The van der Waals surface area contributed by atoms with Crippen LogP contribution in [0.3, 0.4) is 0 Å². The number of hydrogen-bond donors (Lipinski definition) is 2. The number of rotatable bonds is 9. The van der Waals surface area contributed by atoms with E-state index >= 15 is 0 Å². The summed E-state index contributed by atoms with van der Waals surface area (Å²) >= 11 is 0. The van der Waals surface area contributed by atoms with Crippen molar-refractivity contribution in [2.75, 3.05) is 11.9 Å². The van der Waals surface area contributed by atoms with Crippen LogP contribution in [0.4, 0.5) is 5.69 Å². The summed E-state index contributed by atoms with van der Waals surface area (Å²) in [4.78, 5) is 16.2. The Kier molecular flexibility index (Phi) is 7.46. The van der Waals surface area contributed by atoms with E-state index in [0.717, 1.165) is 34.0 Å². The molecule has 5 nitrogen and oxygen atoms in total. The van der Waals surface area contributed by atoms with Crippen LogP contribution in [0.25, 0.3) is 16.8 Å². The van der Waals surface area contributed by atoms with Gasteiger partial charge in [-0.2, -0.15) is 0 Å². The number of aromatic nitrogens is 1. The molecule has 0 aliphatic rings. The van der Waals surface area contributed by atoms with Gasteiger partial charge in [-0.15, -0.1) is 0 Å². The standard InChI is InChI=1S/C28H26N2O3/c31-26(13-9-22-5-4-16-29-19-22)20-33-27-14-12-23-17-21(8-11-24(23)18-27)10-15-28(32)30-25-6-2-1-3-7-25/h1-8,10-12,14-19,26,31H,9,13,20H2,(H,30,32)/b15-10+/t26-/m1/s1. The van der Waals surface area contributed by atoms with Gasteiger partial charge in [-0.05, 0) is 77.2 Å². The minimum Gasteiger partial charge on any atom is -0.491 e. The normalized spacial score (nSPS) is 12.0. The van der Waals surface area contributed by atoms with Crippen LogP contribution in [-0.2, 0) is 11.2 Å². The highest BCUT2D eigenvalue weighted by Gasteiger charge is 2.07. The maximum absolute atomic E-state index is 12.1. The molecule has 33 heavy (non-hydrogen) atoms. The van der Waals surface area contributed by atoms with Crippen LogP contribution in [-0.4, -0.2) is 28.7 Å². The zero-order valence-corrected chi connectivity index (χ0v) is 18.2. The number of carbonyl (C=O) groups is 1. The van der Waals surface area contributed by atoms with Crippen molar-refractivity contribution in [3.8, 4) is 5.75 Å². The highest BCUT2D eigenvalue weighted by molar-refractivity contribution is 6.02. The summed E-state index contributed by atoms with van der Waals surface area (Å²) < 4.78 is 5.80. The number of aliphatic hydroxyl groups is 1. The second-order valence-electron chi connectivity index (χ2n) is 7.82. The van der Waals surface area contributed by atoms with Gasteiger partial charge in [-0.1, -0.05) is 42.5 Å². The molecule has 1 amide bonds. The van der Waals surface area contributed by atoms with E-state index in [4.69, 9.17) is 4.74 Å². The Hall–Kier alpha value is -3.96. The molecule has 0 fully saturated rings. The van der Waals surface area contributed by atoms with E-state index in [1.54, 1.807) is 12.3 Å². The van der Waals surface area contributed by atoms with Crippen LogP contribution in [0.2, 0.25) is 0 Å². The van der Waals surface area contributed by atoms with Gasteiger partial charge in [0.05, 0.1) is 6.10 Å². The Bertz CT molecular complexity index is 1220. The van der Waals surface area contributed by atoms with Crippen molar-refractivity contribution in [1.29, 1.82) is 0 Å². The smallest absolute Gasteiger partial charge is 0.248 e. The Morgan fingerprint density at radius 3 is 2.64 bits per heavy atom. The van der Waals surface area contributed by atoms with E-state index in [1.807, 2.05) is 85.1 Å². The molecule has 0 radical (unpaired) electrons. The van der Waals surface area contributed by atoms with E-state index in [1.165, 1.54) is 6.08 Å². The summed E-state index contributed by atoms with van der Waals surface area (Å²) in [5.41, 5.74) is 2.80. The minimum absolute atomic E-state index is 0.174. The van der Waals surface area contributed by atoms with Gasteiger partial charge in [0, 0.05) is 24.2 Å². The molecule has 0 bridgehead atoms. The molecule has 0 saturated carbocycles. The Morgan fingerprint density at radius 2 is 1.82 bits per heavy atom. The summed E-state index contributed by atoms with van der Waals surface area (Å²) in [5, 5.41) is 15.1. The highest BCUT2D eigenvalue weighted by atomic mass is 16.5. The lowest BCUT2D eigenvalue weighted by molar-refractivity contribution is -0.111. The van der Waals surface area contributed by atoms with E-state index in [9.17, 15) is 9.90 Å². The van der Waals surface area contributed by atoms with Gasteiger partial charge in [0.1, 0.15) is 12.4 Å². The van der Waals surface area contributed by atoms with Crippen molar-refractivity contribution in [2.24, 2.45) is 0 Å². The lowest BCUT2D eigenvalue weighted by Crippen LogP contribution is -2.18. The number of hydrogen-bond acceptors (Lipinski definition) is 4. The van der Waals surface area contributed by atoms with Crippen LogP contribution in [0.1, 0.15) is 17.5 Å². The molecule has 0 spiro atoms. The quantitative estimate of drug-likeness (QED) is 0.350. The zero-order valence-electron chi connectivity index (χ0n) is 18.2. The molecule has 3 aromatic carbocycles. The molecule has 2 N–H and O–H groups in total. The van der Waals surface area contributed by atoms with E-state index in [2.05, 4.69) is 10.3 Å². The Morgan fingerprint density at radius 1 is 1.00 bits per heavy atom. The van der Waals surface area contributed by atoms with Crippen LogP contribution in [0.15, 0.2) is 97.3 Å². The molecule has 166 valence electrons. The Labute approximate surface area is 193 Å². The molecule has 5 heteroatoms. The van der Waals surface area contributed by atoms with Crippen molar-refractivity contribution < 1.29 is 14.6 Å². The average Bonchev–Trinajstić information content (AvgIpc) is 2.86. The first kappa shape index (κ1) is 22.2. The SMILES string of the molecule is O=C(/C=C/c1ccc2cc(OC[C@H](O)CCc3cccnc3)ccc2c1)Nc1ccccc1. The number of benzene rings is 3. The maximum atomic E-state index is 12.1. The molecule has 0 saturated heterocycles. The fourth-order valence-electron chi connectivity index (χ4n) is 3.47. The van der Waals surface area contributed by atoms with E-state index < -0.39 is 6.10 Å². The Balaban J connectivity index is 1.31. The van der Waals surface area contributed by atoms with Crippen molar-refractivity contribution in [3.63, 3.8) is 0 Å². The van der Waals surface area contributed by atoms with E-state index in [0.29, 0.717) is 12.2 Å². The monoisotopic (exact) mass is 438 g/mol. The number of aliphatic hydroxyl groups excluding tert-OH is 1. The number of fused-ring (bicyclic) bond motifs is 1. The number of amides is 1. The zero-order chi connectivity index (χ0) is 22.9. The molecule has 1 atom stereocenters. The lowest BCUT2D eigenvalue weighted by atomic mass is 10.1. The van der Waals surface area contributed by atoms with Crippen LogP contribution < -0.4 is 10.1 Å². The fraction of sp³-hybridized carbons (Fsp3) is 0.143. The van der Waals surface area contributed by atoms with Crippen molar-refractivity contribution in [3.05, 3.63) is 108 Å². The third-order valence-corrected chi connectivity index (χ3v) is 5.24.